The Kier molecular flexibility index (Phi) is 4.88. The SMILES string of the molecule is CC(C)C(=O)Nc1cncc(-c2ccc3[nH]nc(-c4nc5c(-c6ccoc6)cccc5[nH]4)c3n2)c1. The van der Waals surface area contributed by atoms with Gasteiger partial charge in [0.05, 0.1) is 46.7 Å². The molecule has 0 unspecified atom stereocenters. The van der Waals surface area contributed by atoms with Crippen molar-refractivity contribution in [2.45, 2.75) is 13.8 Å². The normalized spacial score (nSPS) is 11.5. The first-order valence-corrected chi connectivity index (χ1v) is 11.2. The maximum absolute atomic E-state index is 12.1. The highest BCUT2D eigenvalue weighted by molar-refractivity contribution is 5.96. The fourth-order valence-corrected chi connectivity index (χ4v) is 3.95. The number of aromatic nitrogens is 6. The van der Waals surface area contributed by atoms with E-state index in [4.69, 9.17) is 14.4 Å². The van der Waals surface area contributed by atoms with E-state index in [0.29, 0.717) is 28.4 Å². The molecule has 35 heavy (non-hydrogen) atoms. The molecule has 5 aromatic heterocycles. The van der Waals surface area contributed by atoms with Gasteiger partial charge < -0.3 is 14.7 Å². The van der Waals surface area contributed by atoms with Crippen LogP contribution in [0.5, 0.6) is 0 Å². The smallest absolute Gasteiger partial charge is 0.226 e. The van der Waals surface area contributed by atoms with Gasteiger partial charge in [0, 0.05) is 28.8 Å². The molecule has 0 aliphatic carbocycles. The van der Waals surface area contributed by atoms with Crippen LogP contribution in [0.3, 0.4) is 0 Å². The van der Waals surface area contributed by atoms with Gasteiger partial charge in [-0.1, -0.05) is 26.0 Å². The van der Waals surface area contributed by atoms with Crippen molar-refractivity contribution in [2.24, 2.45) is 5.92 Å². The van der Waals surface area contributed by atoms with Crippen LogP contribution in [0.25, 0.3) is 56.0 Å². The number of rotatable bonds is 5. The summed E-state index contributed by atoms with van der Waals surface area (Å²) in [7, 11) is 0. The van der Waals surface area contributed by atoms with Crippen LogP contribution in [0.15, 0.2) is 71.8 Å². The molecule has 0 saturated carbocycles. The van der Waals surface area contributed by atoms with Gasteiger partial charge in [0.2, 0.25) is 5.91 Å². The zero-order chi connectivity index (χ0) is 23.9. The fourth-order valence-electron chi connectivity index (χ4n) is 3.95. The highest BCUT2D eigenvalue weighted by atomic mass is 16.3. The number of nitrogens with one attached hydrogen (secondary N) is 3. The zero-order valence-corrected chi connectivity index (χ0v) is 19.0. The Hall–Kier alpha value is -4.79. The van der Waals surface area contributed by atoms with Crippen LogP contribution in [0.2, 0.25) is 0 Å². The Bertz CT molecular complexity index is 1680. The lowest BCUT2D eigenvalue weighted by Gasteiger charge is -2.08. The third-order valence-corrected chi connectivity index (χ3v) is 5.80. The number of anilines is 1. The van der Waals surface area contributed by atoms with Crippen LogP contribution < -0.4 is 5.32 Å². The van der Waals surface area contributed by atoms with Crippen LogP contribution in [0.4, 0.5) is 5.69 Å². The summed E-state index contributed by atoms with van der Waals surface area (Å²) in [5, 5.41) is 10.4. The molecule has 1 amide bonds. The highest BCUT2D eigenvalue weighted by Crippen LogP contribution is 2.32. The minimum Gasteiger partial charge on any atom is -0.472 e. The molecular weight excluding hydrogens is 442 g/mol. The number of pyridine rings is 2. The number of hydrogen-bond acceptors (Lipinski definition) is 6. The quantitative estimate of drug-likeness (QED) is 0.314. The summed E-state index contributed by atoms with van der Waals surface area (Å²) in [5.41, 5.74) is 7.86. The molecule has 3 N–H and O–H groups in total. The number of carbonyl (C=O) groups excluding carboxylic acids is 1. The maximum atomic E-state index is 12.1. The topological polar surface area (TPSA) is 125 Å². The van der Waals surface area contributed by atoms with Gasteiger partial charge in [-0.15, -0.1) is 0 Å². The first kappa shape index (κ1) is 20.8. The minimum absolute atomic E-state index is 0.0656. The predicted octanol–water partition coefficient (Wildman–Crippen LogP) is 5.42. The van der Waals surface area contributed by atoms with E-state index in [-0.39, 0.29) is 11.8 Å². The van der Waals surface area contributed by atoms with Crippen LogP contribution in [0, 0.1) is 5.92 Å². The molecule has 5 heterocycles. The first-order valence-electron chi connectivity index (χ1n) is 11.2. The Labute approximate surface area is 199 Å². The van der Waals surface area contributed by atoms with Crippen molar-refractivity contribution < 1.29 is 9.21 Å². The van der Waals surface area contributed by atoms with E-state index in [1.165, 1.54) is 0 Å². The Morgan fingerprint density at radius 3 is 2.74 bits per heavy atom. The Morgan fingerprint density at radius 1 is 1.00 bits per heavy atom. The summed E-state index contributed by atoms with van der Waals surface area (Å²) in [6.07, 6.45) is 6.69. The van der Waals surface area contributed by atoms with Gasteiger partial charge >= 0.3 is 0 Å². The van der Waals surface area contributed by atoms with Crippen LogP contribution >= 0.6 is 0 Å². The van der Waals surface area contributed by atoms with Gasteiger partial charge in [0.15, 0.2) is 11.5 Å². The molecule has 0 fully saturated rings. The number of amides is 1. The molecule has 0 saturated heterocycles. The standard InChI is InChI=1S/C26H21N7O2/c1-14(2)26(34)28-17-10-16(11-27-12-17)19-6-7-21-23(29-19)24(33-32-21)25-30-20-5-3-4-18(22(20)31-25)15-8-9-35-13-15/h3-14H,1-2H3,(H,28,34)(H,30,31)(H,32,33). The predicted molar refractivity (Wildman–Crippen MR) is 133 cm³/mol. The minimum atomic E-state index is -0.126. The lowest BCUT2D eigenvalue weighted by atomic mass is 10.1. The number of nitrogens with zero attached hydrogens (tertiary/aromatic N) is 4. The molecule has 6 rings (SSSR count). The Balaban J connectivity index is 1.41. The van der Waals surface area contributed by atoms with Gasteiger partial charge in [0.25, 0.3) is 0 Å². The summed E-state index contributed by atoms with van der Waals surface area (Å²) < 4.78 is 5.26. The van der Waals surface area contributed by atoms with E-state index >= 15 is 0 Å². The average Bonchev–Trinajstić information content (AvgIpc) is 3.62. The number of benzene rings is 1. The summed E-state index contributed by atoms with van der Waals surface area (Å²) >= 11 is 0. The summed E-state index contributed by atoms with van der Waals surface area (Å²) in [4.78, 5) is 29.4. The first-order chi connectivity index (χ1) is 17.1. The molecule has 9 heteroatoms. The largest absolute Gasteiger partial charge is 0.472 e. The number of furan rings is 1. The van der Waals surface area contributed by atoms with E-state index in [1.807, 2.05) is 56.3 Å². The third-order valence-electron chi connectivity index (χ3n) is 5.80. The number of aromatic amines is 2. The van der Waals surface area contributed by atoms with Gasteiger partial charge in [0.1, 0.15) is 5.52 Å². The van der Waals surface area contributed by atoms with Crippen molar-refractivity contribution in [3.8, 4) is 33.9 Å². The van der Waals surface area contributed by atoms with Crippen LogP contribution in [0.1, 0.15) is 13.8 Å². The highest BCUT2D eigenvalue weighted by Gasteiger charge is 2.17. The van der Waals surface area contributed by atoms with Gasteiger partial charge in [-0.05, 0) is 30.3 Å². The second-order valence-corrected chi connectivity index (χ2v) is 8.57. The summed E-state index contributed by atoms with van der Waals surface area (Å²) in [6.45, 7) is 3.69. The molecule has 0 aliphatic rings. The molecule has 6 aromatic rings. The van der Waals surface area contributed by atoms with Crippen molar-refractivity contribution >= 4 is 33.7 Å². The summed E-state index contributed by atoms with van der Waals surface area (Å²) in [5.74, 6) is 0.423. The van der Waals surface area contributed by atoms with E-state index in [2.05, 4.69) is 25.5 Å². The molecule has 1 aromatic carbocycles. The number of H-pyrrole nitrogens is 2. The molecular formula is C26H21N7O2. The second kappa shape index (κ2) is 8.21. The van der Waals surface area contributed by atoms with Gasteiger partial charge in [-0.3, -0.25) is 14.9 Å². The lowest BCUT2D eigenvalue weighted by Crippen LogP contribution is -2.17. The number of hydrogen-bond donors (Lipinski definition) is 3. The van der Waals surface area contributed by atoms with Gasteiger partial charge in [-0.25, -0.2) is 9.97 Å². The van der Waals surface area contributed by atoms with Crippen LogP contribution in [-0.4, -0.2) is 36.0 Å². The molecule has 0 aliphatic heterocycles. The van der Waals surface area contributed by atoms with E-state index in [1.54, 1.807) is 24.9 Å². The number of imidazole rings is 1. The number of fused-ring (bicyclic) bond motifs is 2. The van der Waals surface area contributed by atoms with Crippen molar-refractivity contribution in [1.82, 2.24) is 30.1 Å². The molecule has 0 atom stereocenters. The number of carbonyl (C=O) groups is 1. The number of para-hydroxylation sites is 1. The summed E-state index contributed by atoms with van der Waals surface area (Å²) in [6, 6.07) is 13.6. The van der Waals surface area contributed by atoms with Crippen molar-refractivity contribution in [1.29, 1.82) is 0 Å². The zero-order valence-electron chi connectivity index (χ0n) is 19.0. The fraction of sp³-hybridized carbons (Fsp3) is 0.115. The molecule has 9 nitrogen and oxygen atoms in total. The Morgan fingerprint density at radius 2 is 1.91 bits per heavy atom. The van der Waals surface area contributed by atoms with Crippen molar-refractivity contribution in [3.05, 3.63) is 67.4 Å². The van der Waals surface area contributed by atoms with Crippen LogP contribution in [-0.2, 0) is 4.79 Å². The van der Waals surface area contributed by atoms with Crippen molar-refractivity contribution in [3.63, 3.8) is 0 Å². The average molecular weight is 464 g/mol. The van der Waals surface area contributed by atoms with E-state index in [0.717, 1.165) is 33.2 Å². The second-order valence-electron chi connectivity index (χ2n) is 8.57. The third kappa shape index (κ3) is 3.72. The van der Waals surface area contributed by atoms with E-state index < -0.39 is 0 Å². The van der Waals surface area contributed by atoms with Crippen molar-refractivity contribution in [2.75, 3.05) is 5.32 Å². The van der Waals surface area contributed by atoms with E-state index in [9.17, 15) is 4.79 Å². The lowest BCUT2D eigenvalue weighted by molar-refractivity contribution is -0.118. The molecule has 0 bridgehead atoms. The molecule has 172 valence electrons. The molecule has 0 radical (unpaired) electrons. The van der Waals surface area contributed by atoms with Gasteiger partial charge in [-0.2, -0.15) is 5.10 Å². The molecule has 0 spiro atoms. The maximum Gasteiger partial charge on any atom is 0.226 e. The monoisotopic (exact) mass is 463 g/mol.